The van der Waals surface area contributed by atoms with Crippen LogP contribution in [0.2, 0.25) is 0 Å². The monoisotopic (exact) mass is 285 g/mol. The van der Waals surface area contributed by atoms with E-state index < -0.39 is 22.4 Å². The highest BCUT2D eigenvalue weighted by Crippen LogP contribution is 2.21. The number of pyridine rings is 1. The summed E-state index contributed by atoms with van der Waals surface area (Å²) in [4.78, 5) is 24.3. The quantitative estimate of drug-likeness (QED) is 0.323. The fraction of sp³-hybridized carbons (Fsp3) is 0.583. The Labute approximate surface area is 116 Å². The van der Waals surface area contributed by atoms with Crippen LogP contribution in [0.1, 0.15) is 18.5 Å². The van der Waals surface area contributed by atoms with Crippen molar-refractivity contribution in [1.82, 2.24) is 4.98 Å². The van der Waals surface area contributed by atoms with E-state index in [9.17, 15) is 14.9 Å². The lowest BCUT2D eigenvalue weighted by Gasteiger charge is -2.18. The number of nitrogens with one attached hydrogen (secondary N) is 2. The lowest BCUT2D eigenvalue weighted by atomic mass is 10.2. The number of aromatic nitrogens is 1. The minimum Gasteiger partial charge on any atom is -0.385 e. The predicted octanol–water partition coefficient (Wildman–Crippen LogP) is 1.40. The second-order valence-electron chi connectivity index (χ2n) is 4.30. The average molecular weight is 285 g/mol. The van der Waals surface area contributed by atoms with Crippen LogP contribution in [0.3, 0.4) is 0 Å². The van der Waals surface area contributed by atoms with Crippen LogP contribution < -0.4 is 10.9 Å². The number of ether oxygens (including phenoxy) is 2. The molecule has 0 aliphatic heterocycles. The molecule has 2 N–H and O–H groups in total. The molecule has 1 aromatic rings. The molecule has 20 heavy (non-hydrogen) atoms. The highest BCUT2D eigenvalue weighted by Gasteiger charge is 2.22. The van der Waals surface area contributed by atoms with Gasteiger partial charge in [0.25, 0.3) is 0 Å². The third-order valence-corrected chi connectivity index (χ3v) is 2.74. The van der Waals surface area contributed by atoms with Crippen molar-refractivity contribution in [2.45, 2.75) is 26.0 Å². The van der Waals surface area contributed by atoms with Gasteiger partial charge in [-0.15, -0.1) is 0 Å². The second-order valence-corrected chi connectivity index (χ2v) is 4.30. The molecule has 0 amide bonds. The van der Waals surface area contributed by atoms with Gasteiger partial charge in [-0.05, 0) is 25.8 Å². The molecule has 8 heteroatoms. The predicted molar refractivity (Wildman–Crippen MR) is 74.0 cm³/mol. The topological polar surface area (TPSA) is 106 Å². The first-order valence-electron chi connectivity index (χ1n) is 6.16. The maximum absolute atomic E-state index is 11.6. The van der Waals surface area contributed by atoms with E-state index in [0.29, 0.717) is 18.7 Å². The molecule has 0 aliphatic carbocycles. The first-order valence-corrected chi connectivity index (χ1v) is 6.16. The molecule has 1 aromatic heterocycles. The van der Waals surface area contributed by atoms with E-state index >= 15 is 0 Å². The fourth-order valence-corrected chi connectivity index (χ4v) is 1.81. The summed E-state index contributed by atoms with van der Waals surface area (Å²) in [6.07, 6.45) is 0.913. The van der Waals surface area contributed by atoms with Crippen LogP contribution in [0.4, 0.5) is 11.4 Å². The Morgan fingerprint density at radius 2 is 2.20 bits per heavy atom. The van der Waals surface area contributed by atoms with Gasteiger partial charge in [-0.25, -0.2) is 0 Å². The van der Waals surface area contributed by atoms with Crippen molar-refractivity contribution in [1.29, 1.82) is 0 Å². The number of hydrogen-bond donors (Lipinski definition) is 2. The van der Waals surface area contributed by atoms with Gasteiger partial charge in [0.2, 0.25) is 0 Å². The van der Waals surface area contributed by atoms with Crippen molar-refractivity contribution in [3.63, 3.8) is 0 Å². The van der Waals surface area contributed by atoms with Crippen molar-refractivity contribution in [2.75, 3.05) is 26.1 Å². The van der Waals surface area contributed by atoms with E-state index in [1.165, 1.54) is 13.2 Å². The summed E-state index contributed by atoms with van der Waals surface area (Å²) in [7, 11) is 3.09. The molecule has 1 unspecified atom stereocenters. The highest BCUT2D eigenvalue weighted by molar-refractivity contribution is 5.60. The van der Waals surface area contributed by atoms with Crippen LogP contribution in [-0.2, 0) is 9.47 Å². The Hall–Kier alpha value is -1.93. The molecule has 0 bridgehead atoms. The summed E-state index contributed by atoms with van der Waals surface area (Å²) in [5, 5.41) is 13.8. The maximum Gasteiger partial charge on any atom is 0.356 e. The van der Waals surface area contributed by atoms with Crippen LogP contribution in [-0.4, -0.2) is 37.0 Å². The van der Waals surface area contributed by atoms with E-state index in [4.69, 9.17) is 9.47 Å². The van der Waals surface area contributed by atoms with Crippen LogP contribution in [0.15, 0.2) is 10.9 Å². The number of methoxy groups -OCH3 is 2. The van der Waals surface area contributed by atoms with Gasteiger partial charge in [0, 0.05) is 26.5 Å². The average Bonchev–Trinajstić information content (AvgIpc) is 2.36. The zero-order chi connectivity index (χ0) is 15.1. The molecule has 0 radical (unpaired) electrons. The van der Waals surface area contributed by atoms with E-state index in [1.807, 2.05) is 0 Å². The van der Waals surface area contributed by atoms with Gasteiger partial charge in [0.15, 0.2) is 0 Å². The third-order valence-electron chi connectivity index (χ3n) is 2.74. The molecule has 0 saturated heterocycles. The van der Waals surface area contributed by atoms with Crippen LogP contribution in [0, 0.1) is 17.0 Å². The van der Waals surface area contributed by atoms with Gasteiger partial charge in [0.05, 0.1) is 4.92 Å². The molecule has 8 nitrogen and oxygen atoms in total. The van der Waals surface area contributed by atoms with Crippen molar-refractivity contribution < 1.29 is 14.4 Å². The van der Waals surface area contributed by atoms with E-state index in [2.05, 4.69) is 10.3 Å². The van der Waals surface area contributed by atoms with Crippen molar-refractivity contribution in [3.8, 4) is 0 Å². The molecular formula is C12H19N3O5. The second kappa shape index (κ2) is 7.61. The summed E-state index contributed by atoms with van der Waals surface area (Å²) >= 11 is 0. The molecule has 112 valence electrons. The lowest BCUT2D eigenvalue weighted by molar-refractivity contribution is -0.385. The standard InChI is InChI=1S/C12H19N3O5/c1-8-7-9(11(15(17)18)12(16)13-8)14-10(20-3)5-4-6-19-2/h7,10H,4-6H2,1-3H3,(H2,13,14,16). The number of hydrogen-bond acceptors (Lipinski definition) is 6. The molecule has 1 atom stereocenters. The molecular weight excluding hydrogens is 266 g/mol. The van der Waals surface area contributed by atoms with E-state index in [-0.39, 0.29) is 5.69 Å². The minimum absolute atomic E-state index is 0.153. The number of rotatable bonds is 8. The van der Waals surface area contributed by atoms with Crippen LogP contribution in [0.5, 0.6) is 0 Å². The van der Waals surface area contributed by atoms with Gasteiger partial charge in [-0.1, -0.05) is 0 Å². The zero-order valence-corrected chi connectivity index (χ0v) is 11.8. The first-order chi connectivity index (χ1) is 9.49. The minimum atomic E-state index is -0.732. The SMILES string of the molecule is COCCCC(Nc1cc(C)[nH]c(=O)c1[N+](=O)[O-])OC. The van der Waals surface area contributed by atoms with Gasteiger partial charge >= 0.3 is 11.2 Å². The normalized spacial score (nSPS) is 12.2. The Bertz CT molecular complexity index is 514. The summed E-state index contributed by atoms with van der Waals surface area (Å²) in [6.45, 7) is 2.22. The Morgan fingerprint density at radius 3 is 2.75 bits per heavy atom. The largest absolute Gasteiger partial charge is 0.385 e. The molecule has 0 saturated carbocycles. The van der Waals surface area contributed by atoms with Crippen molar-refractivity contribution in [2.24, 2.45) is 0 Å². The number of anilines is 1. The van der Waals surface area contributed by atoms with Crippen LogP contribution >= 0.6 is 0 Å². The molecule has 0 aromatic carbocycles. The van der Waals surface area contributed by atoms with E-state index in [0.717, 1.165) is 6.42 Å². The summed E-state index contributed by atoms with van der Waals surface area (Å²) in [5.41, 5.74) is -0.552. The van der Waals surface area contributed by atoms with Gasteiger partial charge in [-0.2, -0.15) is 0 Å². The molecule has 0 fully saturated rings. The fourth-order valence-electron chi connectivity index (χ4n) is 1.81. The molecule has 1 rings (SSSR count). The molecule has 0 spiro atoms. The maximum atomic E-state index is 11.6. The Balaban J connectivity index is 2.94. The smallest absolute Gasteiger partial charge is 0.356 e. The van der Waals surface area contributed by atoms with Gasteiger partial charge in [0.1, 0.15) is 11.9 Å². The number of H-pyrrole nitrogens is 1. The number of nitro groups is 1. The summed E-state index contributed by atoms with van der Waals surface area (Å²) < 4.78 is 10.2. The number of aryl methyl sites for hydroxylation is 1. The van der Waals surface area contributed by atoms with Crippen molar-refractivity contribution in [3.05, 3.63) is 32.2 Å². The zero-order valence-electron chi connectivity index (χ0n) is 11.8. The number of nitrogens with zero attached hydrogens (tertiary/aromatic N) is 1. The van der Waals surface area contributed by atoms with Crippen molar-refractivity contribution >= 4 is 11.4 Å². The van der Waals surface area contributed by atoms with Crippen LogP contribution in [0.25, 0.3) is 0 Å². The highest BCUT2D eigenvalue weighted by atomic mass is 16.6. The van der Waals surface area contributed by atoms with E-state index in [1.54, 1.807) is 14.0 Å². The Kier molecular flexibility index (Phi) is 6.13. The summed E-state index contributed by atoms with van der Waals surface area (Å²) in [6, 6.07) is 1.52. The lowest BCUT2D eigenvalue weighted by Crippen LogP contribution is -2.25. The van der Waals surface area contributed by atoms with Gasteiger partial charge in [-0.3, -0.25) is 14.9 Å². The molecule has 0 aliphatic rings. The first kappa shape index (κ1) is 16.1. The summed E-state index contributed by atoms with van der Waals surface area (Å²) in [5.74, 6) is 0. The number of aromatic amines is 1. The Morgan fingerprint density at radius 1 is 1.50 bits per heavy atom. The third kappa shape index (κ3) is 4.32. The molecule has 1 heterocycles. The van der Waals surface area contributed by atoms with Gasteiger partial charge < -0.3 is 19.8 Å².